The number of carboxylic acid groups (broad SMARTS) is 1. The van der Waals surface area contributed by atoms with E-state index in [1.807, 2.05) is 0 Å². The maximum Gasteiger partial charge on any atom is 0.337 e. The quantitative estimate of drug-likeness (QED) is 0.455. The molecular formula is C14H12N2O7. The summed E-state index contributed by atoms with van der Waals surface area (Å²) >= 11 is 0. The van der Waals surface area contributed by atoms with E-state index in [0.29, 0.717) is 15.4 Å². The summed E-state index contributed by atoms with van der Waals surface area (Å²) in [6, 6.07) is 4.98. The molecule has 0 spiro atoms. The first kappa shape index (κ1) is 16.1. The topological polar surface area (TPSA) is 121 Å². The lowest BCUT2D eigenvalue weighted by Gasteiger charge is -2.14. The molecule has 1 saturated heterocycles. The number of carbonyl (C=O) groups excluding carboxylic acids is 4. The first-order valence-corrected chi connectivity index (χ1v) is 6.41. The smallest absolute Gasteiger partial charge is 0.337 e. The van der Waals surface area contributed by atoms with E-state index in [-0.39, 0.29) is 12.1 Å². The Morgan fingerprint density at radius 2 is 1.78 bits per heavy atom. The highest BCUT2D eigenvalue weighted by Crippen LogP contribution is 2.17. The summed E-state index contributed by atoms with van der Waals surface area (Å²) in [5.41, 5.74) is 0.636. The second-order valence-corrected chi connectivity index (χ2v) is 4.65. The minimum absolute atomic E-state index is 0.220. The number of nitrogens with zero attached hydrogens (tertiary/aromatic N) is 2. The van der Waals surface area contributed by atoms with Crippen LogP contribution in [-0.4, -0.2) is 58.3 Å². The molecule has 0 aromatic heterocycles. The average molecular weight is 320 g/mol. The van der Waals surface area contributed by atoms with Crippen LogP contribution in [0.5, 0.6) is 0 Å². The highest BCUT2D eigenvalue weighted by molar-refractivity contribution is 6.44. The molecule has 4 amide bonds. The standard InChI is InChI=1S/C14H12N2O7/c1-23-13(21)9-4-2-3-8(5-9)6-15-11(19)12(20)16(14(15)22)7-10(17)18/h2-5H,6-7H2,1H3,(H,17,18). The number of imide groups is 2. The highest BCUT2D eigenvalue weighted by atomic mass is 16.5. The Bertz CT molecular complexity index is 713. The molecule has 1 fully saturated rings. The zero-order valence-electron chi connectivity index (χ0n) is 12.0. The van der Waals surface area contributed by atoms with Crippen molar-refractivity contribution in [3.8, 4) is 0 Å². The van der Waals surface area contributed by atoms with Crippen LogP contribution in [0.25, 0.3) is 0 Å². The molecule has 0 atom stereocenters. The first-order chi connectivity index (χ1) is 10.8. The Morgan fingerprint density at radius 3 is 2.39 bits per heavy atom. The third-order valence-corrected chi connectivity index (χ3v) is 3.12. The van der Waals surface area contributed by atoms with Gasteiger partial charge in [0.25, 0.3) is 0 Å². The van der Waals surface area contributed by atoms with Crippen LogP contribution in [0.4, 0.5) is 4.79 Å². The third kappa shape index (κ3) is 3.18. The number of amides is 4. The number of carboxylic acids is 1. The molecule has 9 nitrogen and oxygen atoms in total. The van der Waals surface area contributed by atoms with Gasteiger partial charge in [-0.2, -0.15) is 0 Å². The number of hydrogen-bond acceptors (Lipinski definition) is 6. The monoisotopic (exact) mass is 320 g/mol. The molecule has 0 radical (unpaired) electrons. The molecule has 0 bridgehead atoms. The molecule has 1 aromatic rings. The fourth-order valence-corrected chi connectivity index (χ4v) is 2.06. The molecule has 1 aliphatic rings. The van der Waals surface area contributed by atoms with Crippen LogP contribution in [0.2, 0.25) is 0 Å². The molecule has 0 aliphatic carbocycles. The Balaban J connectivity index is 2.21. The van der Waals surface area contributed by atoms with Crippen LogP contribution in [0.15, 0.2) is 24.3 Å². The maximum atomic E-state index is 12.0. The van der Waals surface area contributed by atoms with E-state index in [1.165, 1.54) is 25.3 Å². The lowest BCUT2D eigenvalue weighted by atomic mass is 10.1. The summed E-state index contributed by atoms with van der Waals surface area (Å²) in [7, 11) is 1.21. The van der Waals surface area contributed by atoms with Crippen molar-refractivity contribution in [2.24, 2.45) is 0 Å². The number of hydrogen-bond donors (Lipinski definition) is 1. The van der Waals surface area contributed by atoms with Gasteiger partial charge in [-0.3, -0.25) is 19.3 Å². The molecule has 1 aromatic carbocycles. The van der Waals surface area contributed by atoms with Gasteiger partial charge >= 0.3 is 29.8 Å². The van der Waals surface area contributed by atoms with Crippen molar-refractivity contribution in [1.82, 2.24) is 9.80 Å². The van der Waals surface area contributed by atoms with Gasteiger partial charge in [0.1, 0.15) is 6.54 Å². The first-order valence-electron chi connectivity index (χ1n) is 6.41. The minimum atomic E-state index is -1.41. The molecule has 1 N–H and O–H groups in total. The van der Waals surface area contributed by atoms with Crippen molar-refractivity contribution in [2.45, 2.75) is 6.54 Å². The van der Waals surface area contributed by atoms with Crippen molar-refractivity contribution in [2.75, 3.05) is 13.7 Å². The number of urea groups is 1. The van der Waals surface area contributed by atoms with E-state index < -0.39 is 36.3 Å². The Labute approximate surface area is 130 Å². The summed E-state index contributed by atoms with van der Waals surface area (Å²) in [6.07, 6.45) is 0. The van der Waals surface area contributed by atoms with Gasteiger partial charge < -0.3 is 9.84 Å². The van der Waals surface area contributed by atoms with Crippen LogP contribution in [-0.2, 0) is 25.7 Å². The molecule has 0 unspecified atom stereocenters. The fourth-order valence-electron chi connectivity index (χ4n) is 2.06. The molecule has 0 saturated carbocycles. The van der Waals surface area contributed by atoms with Crippen LogP contribution >= 0.6 is 0 Å². The molecule has 120 valence electrons. The minimum Gasteiger partial charge on any atom is -0.480 e. The predicted octanol–water partition coefficient (Wildman–Crippen LogP) is -0.151. The zero-order chi connectivity index (χ0) is 17.1. The average Bonchev–Trinajstić information content (AvgIpc) is 2.72. The van der Waals surface area contributed by atoms with E-state index in [0.717, 1.165) is 0 Å². The molecule has 1 heterocycles. The lowest BCUT2D eigenvalue weighted by molar-refractivity contribution is -0.146. The van der Waals surface area contributed by atoms with E-state index in [1.54, 1.807) is 6.07 Å². The van der Waals surface area contributed by atoms with Crippen molar-refractivity contribution in [1.29, 1.82) is 0 Å². The van der Waals surface area contributed by atoms with Gasteiger partial charge in [0.05, 0.1) is 19.2 Å². The SMILES string of the molecule is COC(=O)c1cccc(CN2C(=O)C(=O)N(CC(=O)O)C2=O)c1. The summed E-state index contributed by atoms with van der Waals surface area (Å²) < 4.78 is 4.57. The summed E-state index contributed by atoms with van der Waals surface area (Å²) in [4.78, 5) is 58.5. The lowest BCUT2D eigenvalue weighted by Crippen LogP contribution is -2.36. The van der Waals surface area contributed by atoms with E-state index in [9.17, 15) is 24.0 Å². The number of ether oxygens (including phenoxy) is 1. The van der Waals surface area contributed by atoms with Gasteiger partial charge in [-0.1, -0.05) is 12.1 Å². The van der Waals surface area contributed by atoms with Crippen molar-refractivity contribution in [3.05, 3.63) is 35.4 Å². The van der Waals surface area contributed by atoms with Crippen LogP contribution in [0, 0.1) is 0 Å². The number of carbonyl (C=O) groups is 5. The summed E-state index contributed by atoms with van der Waals surface area (Å²) in [6.45, 7) is -1.15. The number of methoxy groups -OCH3 is 1. The number of esters is 1. The number of aliphatic carboxylic acids is 1. The van der Waals surface area contributed by atoms with Crippen LogP contribution < -0.4 is 0 Å². The highest BCUT2D eigenvalue weighted by Gasteiger charge is 2.45. The second kappa shape index (κ2) is 6.26. The molecule has 23 heavy (non-hydrogen) atoms. The fraction of sp³-hybridized carbons (Fsp3) is 0.214. The summed E-state index contributed by atoms with van der Waals surface area (Å²) in [5, 5.41) is 8.67. The van der Waals surface area contributed by atoms with Gasteiger partial charge in [-0.25, -0.2) is 14.5 Å². The van der Waals surface area contributed by atoms with E-state index >= 15 is 0 Å². The van der Waals surface area contributed by atoms with Gasteiger partial charge in [0, 0.05) is 0 Å². The van der Waals surface area contributed by atoms with Crippen LogP contribution in [0.1, 0.15) is 15.9 Å². The number of benzene rings is 1. The van der Waals surface area contributed by atoms with Gasteiger partial charge in [0.2, 0.25) is 0 Å². The number of rotatable bonds is 5. The Kier molecular flexibility index (Phi) is 4.39. The Morgan fingerprint density at radius 1 is 1.13 bits per heavy atom. The van der Waals surface area contributed by atoms with Crippen molar-refractivity contribution >= 4 is 29.8 Å². The van der Waals surface area contributed by atoms with E-state index in [4.69, 9.17) is 5.11 Å². The maximum absolute atomic E-state index is 12.0. The van der Waals surface area contributed by atoms with Gasteiger partial charge in [-0.15, -0.1) is 0 Å². The Hall–Kier alpha value is -3.23. The summed E-state index contributed by atoms with van der Waals surface area (Å²) in [5.74, 6) is -4.30. The molecule has 2 rings (SSSR count). The van der Waals surface area contributed by atoms with Crippen molar-refractivity contribution in [3.63, 3.8) is 0 Å². The molecule has 9 heteroatoms. The molecular weight excluding hydrogens is 308 g/mol. The van der Waals surface area contributed by atoms with Gasteiger partial charge in [0.15, 0.2) is 0 Å². The third-order valence-electron chi connectivity index (χ3n) is 3.12. The van der Waals surface area contributed by atoms with Crippen molar-refractivity contribution < 1.29 is 33.8 Å². The normalized spacial score (nSPS) is 14.4. The molecule has 1 aliphatic heterocycles. The zero-order valence-corrected chi connectivity index (χ0v) is 12.0. The van der Waals surface area contributed by atoms with Gasteiger partial charge in [-0.05, 0) is 17.7 Å². The van der Waals surface area contributed by atoms with E-state index in [2.05, 4.69) is 4.74 Å². The predicted molar refractivity (Wildman–Crippen MR) is 73.1 cm³/mol. The second-order valence-electron chi connectivity index (χ2n) is 4.65. The van der Waals surface area contributed by atoms with Crippen LogP contribution in [0.3, 0.4) is 0 Å². The largest absolute Gasteiger partial charge is 0.480 e.